The number of esters is 1. The van der Waals surface area contributed by atoms with Gasteiger partial charge in [-0.05, 0) is 20.3 Å². The summed E-state index contributed by atoms with van der Waals surface area (Å²) in [6, 6.07) is 0. The fourth-order valence-corrected chi connectivity index (χ4v) is 1.12. The van der Waals surface area contributed by atoms with Gasteiger partial charge >= 0.3 is 5.97 Å². The molecule has 1 atom stereocenters. The lowest BCUT2D eigenvalue weighted by Crippen LogP contribution is -2.04. The van der Waals surface area contributed by atoms with Crippen molar-refractivity contribution < 1.29 is 9.53 Å². The molecule has 1 aliphatic heterocycles. The van der Waals surface area contributed by atoms with Crippen LogP contribution in [0.15, 0.2) is 11.6 Å². The number of cyclic esters (lactones) is 1. The van der Waals surface area contributed by atoms with Gasteiger partial charge < -0.3 is 4.74 Å². The van der Waals surface area contributed by atoms with Crippen molar-refractivity contribution in [3.05, 3.63) is 11.6 Å². The summed E-state index contributed by atoms with van der Waals surface area (Å²) in [6.45, 7) is 4.10. The molecule has 0 N–H and O–H groups in total. The molecule has 0 spiro atoms. The molecule has 0 aromatic rings. The van der Waals surface area contributed by atoms with Crippen molar-refractivity contribution in [1.82, 2.24) is 0 Å². The summed E-state index contributed by atoms with van der Waals surface area (Å²) in [5.41, 5.74) is 1.29. The topological polar surface area (TPSA) is 26.3 Å². The van der Waals surface area contributed by atoms with E-state index in [9.17, 15) is 4.79 Å². The fraction of sp³-hybridized carbons (Fsp3) is 0.667. The first-order valence-corrected chi connectivity index (χ1v) is 4.01. The van der Waals surface area contributed by atoms with Gasteiger partial charge in [-0.1, -0.05) is 11.6 Å². The van der Waals surface area contributed by atoms with Gasteiger partial charge in [-0.2, -0.15) is 0 Å². The minimum Gasteiger partial charge on any atom is -0.462 e. The average molecular weight is 154 g/mol. The lowest BCUT2D eigenvalue weighted by atomic mass is 10.1. The molecule has 1 aliphatic rings. The monoisotopic (exact) mass is 154 g/mol. The van der Waals surface area contributed by atoms with Gasteiger partial charge in [-0.25, -0.2) is 0 Å². The smallest absolute Gasteiger partial charge is 0.306 e. The van der Waals surface area contributed by atoms with Crippen LogP contribution in [0.25, 0.3) is 0 Å². The molecule has 0 aromatic heterocycles. The molecule has 0 saturated carbocycles. The van der Waals surface area contributed by atoms with E-state index in [1.165, 1.54) is 5.57 Å². The Morgan fingerprint density at radius 2 is 2.45 bits per heavy atom. The first-order valence-electron chi connectivity index (χ1n) is 4.01. The van der Waals surface area contributed by atoms with E-state index in [2.05, 4.69) is 19.9 Å². The van der Waals surface area contributed by atoms with Gasteiger partial charge in [0.1, 0.15) is 6.10 Å². The summed E-state index contributed by atoms with van der Waals surface area (Å²) in [7, 11) is 0. The minimum absolute atomic E-state index is 0.0443. The van der Waals surface area contributed by atoms with Crippen LogP contribution in [0.5, 0.6) is 0 Å². The van der Waals surface area contributed by atoms with E-state index in [0.717, 1.165) is 12.8 Å². The Balaban J connectivity index is 2.29. The zero-order valence-corrected chi connectivity index (χ0v) is 7.09. The number of ether oxygens (including phenoxy) is 1. The number of carbonyl (C=O) groups is 1. The van der Waals surface area contributed by atoms with E-state index in [1.54, 1.807) is 0 Å². The number of carbonyl (C=O) groups excluding carboxylic acids is 1. The molecule has 1 heterocycles. The summed E-state index contributed by atoms with van der Waals surface area (Å²) in [5.74, 6) is -0.0443. The predicted molar refractivity (Wildman–Crippen MR) is 43.2 cm³/mol. The van der Waals surface area contributed by atoms with Gasteiger partial charge in [0.25, 0.3) is 0 Å². The standard InChI is InChI=1S/C9H14O2/c1-7(2)3-4-8-5-6-9(10)11-8/h3,8H,4-6H2,1-2H3. The van der Waals surface area contributed by atoms with E-state index < -0.39 is 0 Å². The third-order valence-electron chi connectivity index (χ3n) is 1.76. The molecule has 0 amide bonds. The molecule has 11 heavy (non-hydrogen) atoms. The maximum absolute atomic E-state index is 10.7. The Morgan fingerprint density at radius 3 is 2.91 bits per heavy atom. The Bertz CT molecular complexity index is 178. The first kappa shape index (κ1) is 8.31. The van der Waals surface area contributed by atoms with Crippen molar-refractivity contribution in [2.75, 3.05) is 0 Å². The van der Waals surface area contributed by atoms with Gasteiger partial charge in [0.2, 0.25) is 0 Å². The second-order valence-corrected chi connectivity index (χ2v) is 3.17. The van der Waals surface area contributed by atoms with Crippen molar-refractivity contribution in [3.8, 4) is 0 Å². The molecule has 0 aliphatic carbocycles. The van der Waals surface area contributed by atoms with Crippen LogP contribution >= 0.6 is 0 Å². The highest BCUT2D eigenvalue weighted by atomic mass is 16.5. The molecular weight excluding hydrogens is 140 g/mol. The molecule has 1 saturated heterocycles. The fourth-order valence-electron chi connectivity index (χ4n) is 1.12. The Hall–Kier alpha value is -0.790. The maximum atomic E-state index is 10.7. The van der Waals surface area contributed by atoms with E-state index in [1.807, 2.05) is 0 Å². The van der Waals surface area contributed by atoms with E-state index in [-0.39, 0.29) is 12.1 Å². The molecule has 0 aromatic carbocycles. The highest BCUT2D eigenvalue weighted by Gasteiger charge is 2.21. The summed E-state index contributed by atoms with van der Waals surface area (Å²) in [5, 5.41) is 0. The number of allylic oxidation sites excluding steroid dienone is 1. The van der Waals surface area contributed by atoms with Gasteiger partial charge in [0, 0.05) is 12.8 Å². The zero-order valence-electron chi connectivity index (χ0n) is 7.09. The summed E-state index contributed by atoms with van der Waals surface area (Å²) >= 11 is 0. The van der Waals surface area contributed by atoms with Crippen LogP contribution in [0.4, 0.5) is 0 Å². The zero-order chi connectivity index (χ0) is 8.27. The predicted octanol–water partition coefficient (Wildman–Crippen LogP) is 2.05. The van der Waals surface area contributed by atoms with Crippen LogP contribution in [-0.2, 0) is 9.53 Å². The van der Waals surface area contributed by atoms with Crippen molar-refractivity contribution in [2.45, 2.75) is 39.2 Å². The lowest BCUT2D eigenvalue weighted by Gasteiger charge is -2.04. The first-order chi connectivity index (χ1) is 5.18. The second kappa shape index (κ2) is 3.56. The maximum Gasteiger partial charge on any atom is 0.306 e. The molecule has 1 rings (SSSR count). The van der Waals surface area contributed by atoms with Crippen LogP contribution in [0, 0.1) is 0 Å². The molecule has 62 valence electrons. The Labute approximate surface area is 67.2 Å². The third kappa shape index (κ3) is 2.74. The van der Waals surface area contributed by atoms with Gasteiger partial charge in [0.05, 0.1) is 0 Å². The minimum atomic E-state index is -0.0443. The second-order valence-electron chi connectivity index (χ2n) is 3.17. The molecule has 2 nitrogen and oxygen atoms in total. The quantitative estimate of drug-likeness (QED) is 0.449. The molecule has 0 radical (unpaired) electrons. The van der Waals surface area contributed by atoms with Crippen LogP contribution < -0.4 is 0 Å². The van der Waals surface area contributed by atoms with Crippen molar-refractivity contribution in [1.29, 1.82) is 0 Å². The highest BCUT2D eigenvalue weighted by molar-refractivity contribution is 5.71. The average Bonchev–Trinajstić information content (AvgIpc) is 2.31. The van der Waals surface area contributed by atoms with Gasteiger partial charge in [-0.15, -0.1) is 0 Å². The van der Waals surface area contributed by atoms with Crippen LogP contribution in [0.2, 0.25) is 0 Å². The Kier molecular flexibility index (Phi) is 2.69. The lowest BCUT2D eigenvalue weighted by molar-refractivity contribution is -0.141. The molecule has 2 heteroatoms. The third-order valence-corrected chi connectivity index (χ3v) is 1.76. The molecule has 1 fully saturated rings. The van der Waals surface area contributed by atoms with Crippen molar-refractivity contribution in [2.24, 2.45) is 0 Å². The largest absolute Gasteiger partial charge is 0.462 e. The van der Waals surface area contributed by atoms with E-state index in [4.69, 9.17) is 4.74 Å². The SMILES string of the molecule is CC(C)=CCC1CCC(=O)O1. The summed E-state index contributed by atoms with van der Waals surface area (Å²) in [4.78, 5) is 10.7. The molecular formula is C9H14O2. The highest BCUT2D eigenvalue weighted by Crippen LogP contribution is 2.17. The van der Waals surface area contributed by atoms with Crippen molar-refractivity contribution in [3.63, 3.8) is 0 Å². The van der Waals surface area contributed by atoms with Crippen LogP contribution in [0.1, 0.15) is 33.1 Å². The Morgan fingerprint density at radius 1 is 1.73 bits per heavy atom. The van der Waals surface area contributed by atoms with E-state index in [0.29, 0.717) is 6.42 Å². The number of rotatable bonds is 2. The van der Waals surface area contributed by atoms with Crippen LogP contribution in [-0.4, -0.2) is 12.1 Å². The van der Waals surface area contributed by atoms with Crippen molar-refractivity contribution >= 4 is 5.97 Å². The summed E-state index contributed by atoms with van der Waals surface area (Å²) < 4.78 is 5.03. The van der Waals surface area contributed by atoms with Gasteiger partial charge in [0.15, 0.2) is 0 Å². The molecule has 1 unspecified atom stereocenters. The van der Waals surface area contributed by atoms with E-state index >= 15 is 0 Å². The summed E-state index contributed by atoms with van der Waals surface area (Å²) in [6.07, 6.45) is 4.64. The molecule has 0 bridgehead atoms. The van der Waals surface area contributed by atoms with Crippen LogP contribution in [0.3, 0.4) is 0 Å². The van der Waals surface area contributed by atoms with Gasteiger partial charge in [-0.3, -0.25) is 4.79 Å². The number of hydrogen-bond acceptors (Lipinski definition) is 2. The number of hydrogen-bond donors (Lipinski definition) is 0. The normalized spacial score (nSPS) is 23.1.